The Morgan fingerprint density at radius 3 is 2.85 bits per heavy atom. The summed E-state index contributed by atoms with van der Waals surface area (Å²) in [6, 6.07) is 14.4. The molecule has 2 aromatic heterocycles. The highest BCUT2D eigenvalue weighted by Gasteiger charge is 2.10. The molecule has 3 heteroatoms. The highest BCUT2D eigenvalue weighted by Crippen LogP contribution is 2.29. The quantitative estimate of drug-likeness (QED) is 0.786. The van der Waals surface area contributed by atoms with Crippen LogP contribution in [0.2, 0.25) is 0 Å². The second-order valence-corrected chi connectivity index (χ2v) is 4.66. The van der Waals surface area contributed by atoms with Crippen LogP contribution >= 0.6 is 0 Å². The topological polar surface area (TPSA) is 38.0 Å². The summed E-state index contributed by atoms with van der Waals surface area (Å²) in [4.78, 5) is 4.36. The van der Waals surface area contributed by atoms with Crippen molar-refractivity contribution in [3.63, 3.8) is 0 Å². The predicted molar refractivity (Wildman–Crippen MR) is 82.3 cm³/mol. The number of aromatic nitrogens is 2. The first-order valence-corrected chi connectivity index (χ1v) is 6.61. The lowest BCUT2D eigenvalue weighted by Crippen LogP contribution is -1.94. The number of benzene rings is 1. The van der Waals surface area contributed by atoms with E-state index in [9.17, 15) is 0 Å². The molecule has 0 saturated carbocycles. The second-order valence-electron chi connectivity index (χ2n) is 4.66. The van der Waals surface area contributed by atoms with E-state index in [4.69, 9.17) is 5.11 Å². The molecule has 0 saturated heterocycles. The summed E-state index contributed by atoms with van der Waals surface area (Å²) >= 11 is 0. The van der Waals surface area contributed by atoms with Gasteiger partial charge in [-0.15, -0.1) is 0 Å². The lowest BCUT2D eigenvalue weighted by atomic mass is 10.1. The fourth-order valence-corrected chi connectivity index (χ4v) is 2.45. The molecule has 2 heterocycles. The summed E-state index contributed by atoms with van der Waals surface area (Å²) in [5.41, 5.74) is 4.30. The van der Waals surface area contributed by atoms with Gasteiger partial charge in [-0.2, -0.15) is 0 Å². The van der Waals surface area contributed by atoms with Crippen LogP contribution in [0.25, 0.3) is 28.4 Å². The molecular formula is C17H16N2O. The monoisotopic (exact) mass is 264 g/mol. The van der Waals surface area contributed by atoms with Crippen LogP contribution in [0.3, 0.4) is 0 Å². The maximum Gasteiger partial charge on any atom is 0.0629 e. The molecule has 3 rings (SSSR count). The van der Waals surface area contributed by atoms with Crippen LogP contribution in [0.4, 0.5) is 0 Å². The molecule has 0 unspecified atom stereocenters. The van der Waals surface area contributed by atoms with Gasteiger partial charge in [-0.05, 0) is 37.3 Å². The lowest BCUT2D eigenvalue weighted by molar-refractivity contribution is 0.343. The first-order chi connectivity index (χ1) is 9.81. The third-order valence-electron chi connectivity index (χ3n) is 3.39. The van der Waals surface area contributed by atoms with Gasteiger partial charge in [0.25, 0.3) is 0 Å². The largest absolute Gasteiger partial charge is 0.392 e. The Kier molecular flexibility index (Phi) is 3.35. The summed E-state index contributed by atoms with van der Waals surface area (Å²) < 4.78 is 2.09. The third kappa shape index (κ3) is 2.12. The summed E-state index contributed by atoms with van der Waals surface area (Å²) in [5.74, 6) is 0. The number of nitrogens with zero attached hydrogens (tertiary/aromatic N) is 2. The van der Waals surface area contributed by atoms with Crippen LogP contribution in [-0.4, -0.2) is 21.3 Å². The Balaban J connectivity index is 2.29. The zero-order chi connectivity index (χ0) is 13.9. The zero-order valence-electron chi connectivity index (χ0n) is 11.3. The average Bonchev–Trinajstić information content (AvgIpc) is 2.84. The van der Waals surface area contributed by atoms with E-state index in [-0.39, 0.29) is 6.61 Å². The van der Waals surface area contributed by atoms with E-state index < -0.39 is 0 Å². The predicted octanol–water partition coefficient (Wildman–Crippen LogP) is 3.47. The molecule has 0 aliphatic heterocycles. The van der Waals surface area contributed by atoms with Gasteiger partial charge < -0.3 is 9.67 Å². The Bertz CT molecular complexity index is 772. The van der Waals surface area contributed by atoms with Crippen molar-refractivity contribution in [1.29, 1.82) is 0 Å². The molecule has 20 heavy (non-hydrogen) atoms. The summed E-state index contributed by atoms with van der Waals surface area (Å²) in [7, 11) is 0. The van der Waals surface area contributed by atoms with Gasteiger partial charge in [-0.1, -0.05) is 18.2 Å². The van der Waals surface area contributed by atoms with Crippen molar-refractivity contribution in [2.45, 2.75) is 6.92 Å². The first-order valence-electron chi connectivity index (χ1n) is 6.61. The number of hydrogen-bond donors (Lipinski definition) is 1. The number of para-hydroxylation sites is 1. The van der Waals surface area contributed by atoms with Crippen LogP contribution < -0.4 is 0 Å². The molecule has 0 bridgehead atoms. The number of hydrogen-bond acceptors (Lipinski definition) is 2. The zero-order valence-corrected chi connectivity index (χ0v) is 11.3. The molecule has 0 fully saturated rings. The fraction of sp³-hybridized carbons (Fsp3) is 0.118. The maximum absolute atomic E-state index is 9.04. The Hall–Kier alpha value is -2.39. The standard InChI is InChI=1S/C17H16N2O/c1-13-15(7-4-9-18-13)17-12-14-6-2-3-8-16(14)19(17)10-5-11-20/h2-10,12,20H,11H2,1H3/b10-5+. The van der Waals surface area contributed by atoms with Gasteiger partial charge in [0.1, 0.15) is 0 Å². The van der Waals surface area contributed by atoms with Crippen LogP contribution in [0.5, 0.6) is 0 Å². The van der Waals surface area contributed by atoms with Crippen LogP contribution in [-0.2, 0) is 0 Å². The third-order valence-corrected chi connectivity index (χ3v) is 3.39. The highest BCUT2D eigenvalue weighted by atomic mass is 16.2. The normalized spacial score (nSPS) is 11.5. The molecule has 3 aromatic rings. The van der Waals surface area contributed by atoms with E-state index in [1.54, 1.807) is 12.3 Å². The van der Waals surface area contributed by atoms with E-state index >= 15 is 0 Å². The van der Waals surface area contributed by atoms with Crippen molar-refractivity contribution in [3.05, 3.63) is 60.4 Å². The maximum atomic E-state index is 9.04. The summed E-state index contributed by atoms with van der Waals surface area (Å²) in [6.07, 6.45) is 5.45. The number of pyridine rings is 1. The minimum absolute atomic E-state index is 0.0258. The van der Waals surface area contributed by atoms with Gasteiger partial charge in [-0.25, -0.2) is 0 Å². The highest BCUT2D eigenvalue weighted by molar-refractivity contribution is 5.89. The average molecular weight is 264 g/mol. The minimum atomic E-state index is 0.0258. The minimum Gasteiger partial charge on any atom is -0.392 e. The number of aliphatic hydroxyl groups excluding tert-OH is 1. The molecule has 1 N–H and O–H groups in total. The summed E-state index contributed by atoms with van der Waals surface area (Å²) in [5, 5.41) is 10.2. The van der Waals surface area contributed by atoms with E-state index in [0.717, 1.165) is 22.5 Å². The molecule has 0 atom stereocenters. The lowest BCUT2D eigenvalue weighted by Gasteiger charge is -2.07. The fourth-order valence-electron chi connectivity index (χ4n) is 2.45. The van der Waals surface area contributed by atoms with Gasteiger partial charge >= 0.3 is 0 Å². The van der Waals surface area contributed by atoms with Gasteiger partial charge in [0.05, 0.1) is 17.8 Å². The molecule has 0 aliphatic rings. The molecule has 0 aliphatic carbocycles. The molecule has 0 amide bonds. The van der Waals surface area contributed by atoms with E-state index in [1.807, 2.05) is 31.3 Å². The van der Waals surface area contributed by atoms with E-state index in [0.29, 0.717) is 0 Å². The van der Waals surface area contributed by atoms with Gasteiger partial charge in [0.2, 0.25) is 0 Å². The molecule has 1 aromatic carbocycles. The van der Waals surface area contributed by atoms with Gasteiger partial charge in [0.15, 0.2) is 0 Å². The van der Waals surface area contributed by atoms with Crippen molar-refractivity contribution in [1.82, 2.24) is 9.55 Å². The van der Waals surface area contributed by atoms with Crippen LogP contribution in [0.15, 0.2) is 54.7 Å². The molecule has 0 spiro atoms. The van der Waals surface area contributed by atoms with Crippen molar-refractivity contribution in [2.24, 2.45) is 0 Å². The molecule has 0 radical (unpaired) electrons. The molecule has 3 nitrogen and oxygen atoms in total. The van der Waals surface area contributed by atoms with Crippen molar-refractivity contribution >= 4 is 17.1 Å². The Labute approximate surface area is 117 Å². The SMILES string of the molecule is Cc1ncccc1-c1cc2ccccc2n1/C=C/CO. The van der Waals surface area contributed by atoms with Gasteiger partial charge in [-0.3, -0.25) is 4.98 Å². The van der Waals surface area contributed by atoms with Crippen LogP contribution in [0, 0.1) is 6.92 Å². The second kappa shape index (κ2) is 5.31. The van der Waals surface area contributed by atoms with Crippen molar-refractivity contribution in [2.75, 3.05) is 6.61 Å². The van der Waals surface area contributed by atoms with Crippen LogP contribution in [0.1, 0.15) is 5.69 Å². The van der Waals surface area contributed by atoms with Crippen molar-refractivity contribution in [3.8, 4) is 11.3 Å². The number of fused-ring (bicyclic) bond motifs is 1. The smallest absolute Gasteiger partial charge is 0.0629 e. The van der Waals surface area contributed by atoms with Gasteiger partial charge in [0, 0.05) is 29.0 Å². The number of aryl methyl sites for hydroxylation is 1. The first kappa shape index (κ1) is 12.6. The van der Waals surface area contributed by atoms with E-state index in [2.05, 4.69) is 33.8 Å². The molecular weight excluding hydrogens is 248 g/mol. The van der Waals surface area contributed by atoms with E-state index in [1.165, 1.54) is 5.39 Å². The Morgan fingerprint density at radius 1 is 1.20 bits per heavy atom. The number of rotatable bonds is 3. The van der Waals surface area contributed by atoms with Crippen molar-refractivity contribution < 1.29 is 5.11 Å². The Morgan fingerprint density at radius 2 is 2.05 bits per heavy atom. The number of aliphatic hydroxyl groups is 1. The summed E-state index contributed by atoms with van der Waals surface area (Å²) in [6.45, 7) is 2.03. The molecule has 100 valence electrons.